The summed E-state index contributed by atoms with van der Waals surface area (Å²) in [6, 6.07) is 25.1. The lowest BCUT2D eigenvalue weighted by Gasteiger charge is -2.06. The van der Waals surface area contributed by atoms with Gasteiger partial charge >= 0.3 is 11.9 Å². The SMILES string of the molecule is CSCCl.CSCOC(=O)Cn1nc(C)cc1-c1ccc(-c2cccc(S(C)(=O)=O)c2)s1.Cc1cc(-c2ccc(-c3cccc(S(C)(=O)=O)c3)s2)n(CC(=O)O)n1. The number of carboxylic acids is 1. The number of carbonyl (C=O) groups excluding carboxylic acids is 1. The maximum Gasteiger partial charge on any atom is 0.328 e. The zero-order chi connectivity index (χ0) is 41.9. The molecule has 0 fully saturated rings. The van der Waals surface area contributed by atoms with Crippen molar-refractivity contribution >= 4 is 89.4 Å². The number of esters is 1. The molecule has 0 radical (unpaired) electrons. The molecule has 1 N–H and O–H groups in total. The van der Waals surface area contributed by atoms with Crippen molar-refractivity contribution < 1.29 is 36.3 Å². The van der Waals surface area contributed by atoms with Crippen LogP contribution in [0.5, 0.6) is 0 Å². The van der Waals surface area contributed by atoms with Gasteiger partial charge in [0.15, 0.2) is 19.7 Å². The third-order valence-corrected chi connectivity index (χ3v) is 13.4. The molecule has 0 spiro atoms. The van der Waals surface area contributed by atoms with Crippen molar-refractivity contribution in [2.45, 2.75) is 36.7 Å². The molecule has 304 valence electrons. The fourth-order valence-corrected chi connectivity index (χ4v) is 8.80. The zero-order valence-corrected chi connectivity index (χ0v) is 37.5. The number of aliphatic carboxylic acids is 1. The second kappa shape index (κ2) is 20.7. The minimum absolute atomic E-state index is 0.0422. The molecule has 0 saturated carbocycles. The van der Waals surface area contributed by atoms with Gasteiger partial charge in [0.2, 0.25) is 0 Å². The number of ether oxygens (including phenoxy) is 1. The predicted molar refractivity (Wildman–Crippen MR) is 234 cm³/mol. The molecule has 2 aromatic carbocycles. The van der Waals surface area contributed by atoms with Crippen molar-refractivity contribution in [1.82, 2.24) is 19.6 Å². The molecule has 0 bridgehead atoms. The Kier molecular flexibility index (Phi) is 16.6. The van der Waals surface area contributed by atoms with Crippen molar-refractivity contribution in [3.05, 3.63) is 96.3 Å². The monoisotopic (exact) mass is 908 g/mol. The highest BCUT2D eigenvalue weighted by Gasteiger charge is 2.17. The van der Waals surface area contributed by atoms with Gasteiger partial charge in [0.1, 0.15) is 19.0 Å². The van der Waals surface area contributed by atoms with Gasteiger partial charge in [-0.3, -0.25) is 19.0 Å². The van der Waals surface area contributed by atoms with Crippen LogP contribution < -0.4 is 0 Å². The lowest BCUT2D eigenvalue weighted by Crippen LogP contribution is -2.15. The molecule has 0 aliphatic rings. The number of benzene rings is 2. The van der Waals surface area contributed by atoms with E-state index in [1.165, 1.54) is 51.6 Å². The summed E-state index contributed by atoms with van der Waals surface area (Å²) in [4.78, 5) is 27.2. The summed E-state index contributed by atoms with van der Waals surface area (Å²) in [6.07, 6.45) is 6.21. The quantitative estimate of drug-likeness (QED) is 0.0668. The second-order valence-electron chi connectivity index (χ2n) is 12.3. The third-order valence-electron chi connectivity index (χ3n) is 7.63. The molecule has 6 aromatic rings. The van der Waals surface area contributed by atoms with Crippen molar-refractivity contribution in [2.24, 2.45) is 0 Å². The van der Waals surface area contributed by atoms with E-state index in [-0.39, 0.29) is 28.8 Å². The van der Waals surface area contributed by atoms with Crippen molar-refractivity contribution in [3.8, 4) is 42.0 Å². The Labute approximate surface area is 354 Å². The molecule has 0 amide bonds. The Morgan fingerprint density at radius 1 is 0.702 bits per heavy atom. The van der Waals surface area contributed by atoms with Gasteiger partial charge in [-0.05, 0) is 98.1 Å². The molecule has 4 heterocycles. The first-order chi connectivity index (χ1) is 26.9. The van der Waals surface area contributed by atoms with Gasteiger partial charge in [-0.15, -0.1) is 57.8 Å². The molecule has 0 unspecified atom stereocenters. The Morgan fingerprint density at radius 2 is 1.12 bits per heavy atom. The number of carbonyl (C=O) groups is 2. The Balaban J connectivity index is 0.000000232. The molecule has 0 saturated heterocycles. The van der Waals surface area contributed by atoms with Crippen LogP contribution in [0.4, 0.5) is 0 Å². The molecule has 0 aliphatic carbocycles. The Morgan fingerprint density at radius 3 is 1.51 bits per heavy atom. The smallest absolute Gasteiger partial charge is 0.328 e. The number of sulfone groups is 2. The fraction of sp³-hybridized carbons (Fsp3) is 0.263. The largest absolute Gasteiger partial charge is 0.480 e. The number of alkyl halides is 1. The summed E-state index contributed by atoms with van der Waals surface area (Å²) in [5.74, 6) is -0.979. The average Bonchev–Trinajstić information content (AvgIpc) is 3.97. The first kappa shape index (κ1) is 45.8. The highest BCUT2D eigenvalue weighted by atomic mass is 35.5. The summed E-state index contributed by atoms with van der Waals surface area (Å²) < 4.78 is 55.3. The number of aromatic nitrogens is 4. The lowest BCUT2D eigenvalue weighted by molar-refractivity contribution is -0.142. The Bertz CT molecular complexity index is 2540. The van der Waals surface area contributed by atoms with Gasteiger partial charge in [-0.2, -0.15) is 10.2 Å². The normalized spacial score (nSPS) is 11.3. The van der Waals surface area contributed by atoms with Crippen LogP contribution in [0, 0.1) is 13.8 Å². The van der Waals surface area contributed by atoms with Gasteiger partial charge < -0.3 is 9.84 Å². The molecule has 0 atom stereocenters. The van der Waals surface area contributed by atoms with Crippen molar-refractivity contribution in [2.75, 3.05) is 36.2 Å². The first-order valence-electron chi connectivity index (χ1n) is 16.7. The van der Waals surface area contributed by atoms with Crippen LogP contribution in [0.1, 0.15) is 11.4 Å². The van der Waals surface area contributed by atoms with Crippen LogP contribution in [0.3, 0.4) is 0 Å². The zero-order valence-electron chi connectivity index (χ0n) is 31.8. The van der Waals surface area contributed by atoms with E-state index in [2.05, 4.69) is 10.2 Å². The molecule has 57 heavy (non-hydrogen) atoms. The van der Waals surface area contributed by atoms with E-state index in [1.54, 1.807) is 52.8 Å². The first-order valence-corrected chi connectivity index (χ1v) is 25.5. The number of thioether (sulfide) groups is 2. The van der Waals surface area contributed by atoms with E-state index in [1.807, 2.05) is 74.9 Å². The highest BCUT2D eigenvalue weighted by molar-refractivity contribution is 7.99. The summed E-state index contributed by atoms with van der Waals surface area (Å²) >= 11 is 11.2. The van der Waals surface area contributed by atoms with E-state index in [0.717, 1.165) is 53.4 Å². The standard InChI is InChI=1S/C19H20N2O4S3.C17H16N2O4S2.C2H5ClS/c1-13-9-16(21(20-13)11-19(22)25-12-26-2)18-8-7-17(27-18)14-5-4-6-15(10-14)28(3,23)24;1-11-8-14(19(18-11)10-17(20)21)16-7-6-15(24-16)12-4-3-5-13(9-12)25(2,22)23;1-4-2-3/h4-10H,11-12H2,1-3H3;3-9H,10H2,1-2H3,(H,20,21);2H2,1H3. The summed E-state index contributed by atoms with van der Waals surface area (Å²) in [5, 5.41) is 18.4. The van der Waals surface area contributed by atoms with E-state index in [4.69, 9.17) is 21.4 Å². The summed E-state index contributed by atoms with van der Waals surface area (Å²) in [7, 11) is -6.54. The predicted octanol–water partition coefficient (Wildman–Crippen LogP) is 8.48. The number of thiophene rings is 2. The van der Waals surface area contributed by atoms with Crippen LogP contribution in [0.15, 0.2) is 94.7 Å². The molecule has 12 nitrogen and oxygen atoms in total. The van der Waals surface area contributed by atoms with Crippen LogP contribution in [-0.4, -0.2) is 89.6 Å². The summed E-state index contributed by atoms with van der Waals surface area (Å²) in [6.45, 7) is 3.52. The van der Waals surface area contributed by atoms with Crippen molar-refractivity contribution in [3.63, 3.8) is 0 Å². The second-order valence-corrected chi connectivity index (χ2v) is 20.8. The van der Waals surface area contributed by atoms with E-state index >= 15 is 0 Å². The minimum atomic E-state index is -3.27. The summed E-state index contributed by atoms with van der Waals surface area (Å²) in [5.41, 5.74) is 4.75. The van der Waals surface area contributed by atoms with Gasteiger partial charge in [-0.1, -0.05) is 24.3 Å². The van der Waals surface area contributed by atoms with Gasteiger partial charge in [0.05, 0.1) is 47.5 Å². The lowest BCUT2D eigenvalue weighted by atomic mass is 10.2. The van der Waals surface area contributed by atoms with Gasteiger partial charge in [0, 0.05) is 22.3 Å². The third kappa shape index (κ3) is 13.3. The topological polar surface area (TPSA) is 168 Å². The molecular weight excluding hydrogens is 868 g/mol. The van der Waals surface area contributed by atoms with E-state index < -0.39 is 25.6 Å². The van der Waals surface area contributed by atoms with Gasteiger partial charge in [0.25, 0.3) is 0 Å². The number of nitrogens with zero attached hydrogens (tertiary/aromatic N) is 4. The number of rotatable bonds is 13. The van der Waals surface area contributed by atoms with Gasteiger partial charge in [-0.25, -0.2) is 16.8 Å². The number of hydrogen-bond acceptors (Lipinski definition) is 13. The van der Waals surface area contributed by atoms with E-state index in [0.29, 0.717) is 11.2 Å². The molecular formula is C38H41ClN4O8S6. The fourth-order valence-electron chi connectivity index (χ4n) is 5.17. The van der Waals surface area contributed by atoms with Crippen LogP contribution >= 0.6 is 57.8 Å². The van der Waals surface area contributed by atoms with Crippen molar-refractivity contribution in [1.29, 1.82) is 0 Å². The molecule has 19 heteroatoms. The number of hydrogen-bond donors (Lipinski definition) is 1. The van der Waals surface area contributed by atoms with Crippen LogP contribution in [-0.2, 0) is 47.1 Å². The maximum absolute atomic E-state index is 12.0. The number of aryl methyl sites for hydroxylation is 2. The minimum Gasteiger partial charge on any atom is -0.480 e. The Hall–Kier alpha value is -3.91. The molecule has 6 rings (SSSR count). The molecule has 4 aromatic heterocycles. The van der Waals surface area contributed by atoms with Crippen LogP contribution in [0.25, 0.3) is 42.0 Å². The van der Waals surface area contributed by atoms with Crippen LogP contribution in [0.2, 0.25) is 0 Å². The van der Waals surface area contributed by atoms with E-state index in [9.17, 15) is 26.4 Å². The number of halogens is 1. The number of carboxylic acid groups (broad SMARTS) is 1. The average molecular weight is 910 g/mol. The highest BCUT2D eigenvalue weighted by Crippen LogP contribution is 2.37. The molecule has 0 aliphatic heterocycles. The maximum atomic E-state index is 12.0.